The molecule has 0 radical (unpaired) electrons. The first kappa shape index (κ1) is 14.6. The van der Waals surface area contributed by atoms with E-state index in [1.807, 2.05) is 0 Å². The third-order valence-electron chi connectivity index (χ3n) is 2.84. The molecule has 0 aliphatic carbocycles. The lowest BCUT2D eigenvalue weighted by Crippen LogP contribution is -2.18. The van der Waals surface area contributed by atoms with E-state index in [1.54, 1.807) is 13.8 Å². The number of aromatic nitrogens is 2. The van der Waals surface area contributed by atoms with Crippen molar-refractivity contribution in [2.45, 2.75) is 13.8 Å². The molecule has 0 fully saturated rings. The molecule has 110 valence electrons. The smallest absolute Gasteiger partial charge is 0.250 e. The maximum absolute atomic E-state index is 13.2. The third kappa shape index (κ3) is 3.04. The van der Waals surface area contributed by atoms with Crippen molar-refractivity contribution in [1.29, 1.82) is 0 Å². The number of nitrogens with two attached hydrogens (primary N) is 1. The summed E-state index contributed by atoms with van der Waals surface area (Å²) in [6, 6.07) is 2.68. The zero-order chi connectivity index (χ0) is 15.6. The fraction of sp³-hybridized carbons (Fsp3) is 0.154. The van der Waals surface area contributed by atoms with Gasteiger partial charge in [0.1, 0.15) is 17.4 Å². The number of ether oxygens (including phenoxy) is 1. The van der Waals surface area contributed by atoms with E-state index in [9.17, 15) is 8.78 Å². The van der Waals surface area contributed by atoms with Crippen LogP contribution in [0.1, 0.15) is 16.8 Å². The van der Waals surface area contributed by atoms with E-state index < -0.39 is 11.6 Å². The highest BCUT2D eigenvalue weighted by Gasteiger charge is 2.17. The van der Waals surface area contributed by atoms with Gasteiger partial charge in [0, 0.05) is 18.2 Å². The van der Waals surface area contributed by atoms with Crippen LogP contribution in [0, 0.1) is 25.5 Å². The van der Waals surface area contributed by atoms with Gasteiger partial charge in [-0.3, -0.25) is 0 Å². The molecule has 3 N–H and O–H groups in total. The van der Waals surface area contributed by atoms with E-state index in [1.165, 1.54) is 0 Å². The zero-order valence-electron chi connectivity index (χ0n) is 11.3. The molecule has 0 spiro atoms. The van der Waals surface area contributed by atoms with Crippen LogP contribution in [0.5, 0.6) is 11.6 Å². The maximum Gasteiger partial charge on any atom is 0.250 e. The van der Waals surface area contributed by atoms with Gasteiger partial charge in [0.05, 0.1) is 11.3 Å². The fourth-order valence-corrected chi connectivity index (χ4v) is 1.71. The summed E-state index contributed by atoms with van der Waals surface area (Å²) in [4.78, 5) is 0. The summed E-state index contributed by atoms with van der Waals surface area (Å²) in [5.74, 6) is -2.06. The average Bonchev–Trinajstić information content (AvgIpc) is 2.41. The molecule has 0 aliphatic heterocycles. The molecule has 6 nitrogen and oxygen atoms in total. The number of rotatable bonds is 3. The molecule has 2 aromatic rings. The lowest BCUT2D eigenvalue weighted by Gasteiger charge is -2.12. The van der Waals surface area contributed by atoms with Gasteiger partial charge in [-0.25, -0.2) is 8.78 Å². The topological polar surface area (TPSA) is 93.6 Å². The number of hydrogen-bond acceptors (Lipinski definition) is 5. The van der Waals surface area contributed by atoms with Crippen molar-refractivity contribution in [2.75, 3.05) is 0 Å². The molecule has 8 heteroatoms. The number of halogens is 2. The van der Waals surface area contributed by atoms with Crippen molar-refractivity contribution < 1.29 is 18.7 Å². The Morgan fingerprint density at radius 3 is 2.38 bits per heavy atom. The van der Waals surface area contributed by atoms with Gasteiger partial charge in [-0.2, -0.15) is 5.10 Å². The van der Waals surface area contributed by atoms with Crippen LogP contribution in [0.2, 0.25) is 0 Å². The summed E-state index contributed by atoms with van der Waals surface area (Å²) in [7, 11) is 0. The highest BCUT2D eigenvalue weighted by Crippen LogP contribution is 2.26. The molecule has 0 bridgehead atoms. The lowest BCUT2D eigenvalue weighted by molar-refractivity contribution is 0.318. The Morgan fingerprint density at radius 1 is 1.19 bits per heavy atom. The minimum Gasteiger partial charge on any atom is -0.437 e. The summed E-state index contributed by atoms with van der Waals surface area (Å²) in [6.07, 6.45) is 0. The van der Waals surface area contributed by atoms with E-state index in [0.717, 1.165) is 12.1 Å². The second kappa shape index (κ2) is 5.70. The van der Waals surface area contributed by atoms with Gasteiger partial charge in [0.15, 0.2) is 5.84 Å². The van der Waals surface area contributed by atoms with E-state index in [-0.39, 0.29) is 23.0 Å². The highest BCUT2D eigenvalue weighted by atomic mass is 19.1. The van der Waals surface area contributed by atoms with Crippen molar-refractivity contribution in [2.24, 2.45) is 10.9 Å². The van der Waals surface area contributed by atoms with Gasteiger partial charge in [-0.15, -0.1) is 5.10 Å². The first-order valence-corrected chi connectivity index (χ1v) is 5.88. The Bertz CT molecular complexity index is 699. The summed E-state index contributed by atoms with van der Waals surface area (Å²) in [5.41, 5.74) is 6.91. The van der Waals surface area contributed by atoms with Gasteiger partial charge in [0.2, 0.25) is 5.88 Å². The van der Waals surface area contributed by atoms with Gasteiger partial charge in [-0.05, 0) is 19.4 Å². The first-order chi connectivity index (χ1) is 9.92. The minimum atomic E-state index is -0.799. The average molecular weight is 294 g/mol. The summed E-state index contributed by atoms with van der Waals surface area (Å²) >= 11 is 0. The molecule has 1 aromatic carbocycles. The standard InChI is InChI=1S/C13H12F2N4O2/c1-6-7(2)17-18-13(11(6)12(16)19-20)21-10-4-8(14)3-9(15)5-10/h3-5,20H,1-2H3,(H2,16,19). The molecule has 0 saturated heterocycles. The van der Waals surface area contributed by atoms with Crippen LogP contribution in [-0.2, 0) is 0 Å². The van der Waals surface area contributed by atoms with Gasteiger partial charge in [-0.1, -0.05) is 5.16 Å². The van der Waals surface area contributed by atoms with Crippen LogP contribution in [-0.4, -0.2) is 21.2 Å². The van der Waals surface area contributed by atoms with Crippen molar-refractivity contribution in [1.82, 2.24) is 10.2 Å². The molecule has 1 aromatic heterocycles. The number of oxime groups is 1. The minimum absolute atomic E-state index is 0.113. The molecule has 0 saturated carbocycles. The Balaban J connectivity index is 2.51. The number of benzene rings is 1. The lowest BCUT2D eigenvalue weighted by atomic mass is 10.1. The predicted octanol–water partition coefficient (Wildman–Crippen LogP) is 2.26. The molecule has 2 rings (SSSR count). The summed E-state index contributed by atoms with van der Waals surface area (Å²) in [5, 5.41) is 19.3. The Hall–Kier alpha value is -2.77. The molecular weight excluding hydrogens is 282 g/mol. The van der Waals surface area contributed by atoms with Gasteiger partial charge < -0.3 is 15.7 Å². The zero-order valence-corrected chi connectivity index (χ0v) is 11.3. The monoisotopic (exact) mass is 294 g/mol. The van der Waals surface area contributed by atoms with Crippen LogP contribution >= 0.6 is 0 Å². The Morgan fingerprint density at radius 2 is 1.81 bits per heavy atom. The largest absolute Gasteiger partial charge is 0.437 e. The van der Waals surface area contributed by atoms with Crippen molar-refractivity contribution in [3.63, 3.8) is 0 Å². The second-order valence-electron chi connectivity index (χ2n) is 4.28. The maximum atomic E-state index is 13.2. The summed E-state index contributed by atoms with van der Waals surface area (Å²) in [6.45, 7) is 3.36. The molecule has 0 aliphatic rings. The SMILES string of the molecule is Cc1nnc(Oc2cc(F)cc(F)c2)c(C(N)=NO)c1C. The Labute approximate surface area is 118 Å². The van der Waals surface area contributed by atoms with Gasteiger partial charge in [0.25, 0.3) is 0 Å². The number of hydrogen-bond donors (Lipinski definition) is 2. The normalized spacial score (nSPS) is 11.5. The van der Waals surface area contributed by atoms with Crippen LogP contribution in [0.4, 0.5) is 8.78 Å². The predicted molar refractivity (Wildman–Crippen MR) is 70.4 cm³/mol. The molecule has 1 heterocycles. The van der Waals surface area contributed by atoms with Crippen LogP contribution < -0.4 is 10.5 Å². The molecular formula is C13H12F2N4O2. The molecule has 21 heavy (non-hydrogen) atoms. The van der Waals surface area contributed by atoms with Crippen molar-refractivity contribution in [3.8, 4) is 11.6 Å². The van der Waals surface area contributed by atoms with Crippen LogP contribution in [0.25, 0.3) is 0 Å². The summed E-state index contributed by atoms with van der Waals surface area (Å²) < 4.78 is 31.6. The van der Waals surface area contributed by atoms with Crippen LogP contribution in [0.3, 0.4) is 0 Å². The third-order valence-corrected chi connectivity index (χ3v) is 2.84. The second-order valence-corrected chi connectivity index (χ2v) is 4.28. The number of nitrogens with zero attached hydrogens (tertiary/aromatic N) is 3. The van der Waals surface area contributed by atoms with Gasteiger partial charge >= 0.3 is 0 Å². The van der Waals surface area contributed by atoms with Crippen LogP contribution in [0.15, 0.2) is 23.4 Å². The van der Waals surface area contributed by atoms with E-state index >= 15 is 0 Å². The van der Waals surface area contributed by atoms with E-state index in [4.69, 9.17) is 15.7 Å². The van der Waals surface area contributed by atoms with E-state index in [0.29, 0.717) is 17.3 Å². The quantitative estimate of drug-likeness (QED) is 0.392. The number of aryl methyl sites for hydroxylation is 1. The van der Waals surface area contributed by atoms with E-state index in [2.05, 4.69) is 15.4 Å². The highest BCUT2D eigenvalue weighted by molar-refractivity contribution is 6.00. The molecule has 0 unspecified atom stereocenters. The first-order valence-electron chi connectivity index (χ1n) is 5.88. The van der Waals surface area contributed by atoms with Crippen molar-refractivity contribution >= 4 is 5.84 Å². The number of amidine groups is 1. The molecule has 0 amide bonds. The molecule has 0 atom stereocenters. The van der Waals surface area contributed by atoms with Crippen molar-refractivity contribution in [3.05, 3.63) is 46.7 Å². The Kier molecular flexibility index (Phi) is 3.97. The fourth-order valence-electron chi connectivity index (χ4n) is 1.71.